The summed E-state index contributed by atoms with van der Waals surface area (Å²) in [6.07, 6.45) is 1.64. The molecule has 0 radical (unpaired) electrons. The van der Waals surface area contributed by atoms with Gasteiger partial charge in [0, 0.05) is 45.8 Å². The number of nitrogens with one attached hydrogen (secondary N) is 1. The minimum absolute atomic E-state index is 0.0320. The van der Waals surface area contributed by atoms with Crippen molar-refractivity contribution in [2.45, 2.75) is 13.0 Å². The van der Waals surface area contributed by atoms with Crippen molar-refractivity contribution in [1.82, 2.24) is 30.1 Å². The largest absolute Gasteiger partial charge is 0.366 e. The second-order valence-corrected chi connectivity index (χ2v) is 7.21. The number of urea groups is 1. The maximum absolute atomic E-state index is 14.0. The summed E-state index contributed by atoms with van der Waals surface area (Å²) in [5, 5.41) is 10.8. The predicted octanol–water partition coefficient (Wildman–Crippen LogP) is 0.966. The van der Waals surface area contributed by atoms with Gasteiger partial charge in [-0.15, -0.1) is 5.10 Å². The van der Waals surface area contributed by atoms with Crippen LogP contribution in [0.25, 0.3) is 0 Å². The van der Waals surface area contributed by atoms with Crippen molar-refractivity contribution in [3.05, 3.63) is 42.0 Å². The predicted molar refractivity (Wildman–Crippen MR) is 104 cm³/mol. The Morgan fingerprint density at radius 1 is 1.14 bits per heavy atom. The topological polar surface area (TPSA) is 86.6 Å². The third-order valence-corrected chi connectivity index (χ3v) is 5.34. The Morgan fingerprint density at radius 3 is 2.55 bits per heavy atom. The number of halogens is 1. The quantitative estimate of drug-likeness (QED) is 0.825. The standard InChI is InChI=1S/C19H24FN7O2/c1-2-21-19(29)26-11-14(12-26)27-13-16(22-23-27)18(28)25-9-7-24(8-10-25)17-6-4-3-5-15(17)20/h3-6,13-14H,2,7-12H2,1H3,(H,21,29). The van der Waals surface area contributed by atoms with Crippen molar-refractivity contribution in [2.75, 3.05) is 50.7 Å². The number of piperazine rings is 1. The number of benzene rings is 1. The number of para-hydroxylation sites is 1. The van der Waals surface area contributed by atoms with Gasteiger partial charge >= 0.3 is 6.03 Å². The van der Waals surface area contributed by atoms with Gasteiger partial charge in [0.2, 0.25) is 0 Å². The molecular formula is C19H24FN7O2. The van der Waals surface area contributed by atoms with Gasteiger partial charge in [-0.3, -0.25) is 4.79 Å². The molecule has 0 atom stereocenters. The number of likely N-dealkylation sites (tertiary alicyclic amines) is 1. The number of amides is 3. The van der Waals surface area contributed by atoms with Gasteiger partial charge in [0.25, 0.3) is 5.91 Å². The van der Waals surface area contributed by atoms with Crippen LogP contribution in [0.4, 0.5) is 14.9 Å². The summed E-state index contributed by atoms with van der Waals surface area (Å²) in [7, 11) is 0. The molecule has 0 spiro atoms. The Morgan fingerprint density at radius 2 is 1.86 bits per heavy atom. The molecule has 3 heterocycles. The number of hydrogen-bond donors (Lipinski definition) is 1. The molecule has 2 aliphatic rings. The van der Waals surface area contributed by atoms with E-state index in [-0.39, 0.29) is 23.8 Å². The molecule has 1 aromatic carbocycles. The SMILES string of the molecule is CCNC(=O)N1CC(n2cc(C(=O)N3CCN(c4ccccc4F)CC3)nn2)C1. The van der Waals surface area contributed by atoms with Crippen LogP contribution in [0.5, 0.6) is 0 Å². The summed E-state index contributed by atoms with van der Waals surface area (Å²) in [6, 6.07) is 6.61. The highest BCUT2D eigenvalue weighted by molar-refractivity contribution is 5.92. The van der Waals surface area contributed by atoms with Crippen molar-refractivity contribution in [1.29, 1.82) is 0 Å². The van der Waals surface area contributed by atoms with Gasteiger partial charge in [-0.25, -0.2) is 13.9 Å². The van der Waals surface area contributed by atoms with E-state index in [1.807, 2.05) is 17.9 Å². The molecule has 2 aromatic rings. The van der Waals surface area contributed by atoms with Crippen LogP contribution in [0.15, 0.2) is 30.5 Å². The molecule has 10 heteroatoms. The Balaban J connectivity index is 1.31. The van der Waals surface area contributed by atoms with E-state index < -0.39 is 0 Å². The highest BCUT2D eigenvalue weighted by atomic mass is 19.1. The lowest BCUT2D eigenvalue weighted by Gasteiger charge is -2.38. The molecule has 0 bridgehead atoms. The second kappa shape index (κ2) is 8.06. The Kier molecular flexibility index (Phi) is 5.32. The summed E-state index contributed by atoms with van der Waals surface area (Å²) in [4.78, 5) is 29.9. The fourth-order valence-electron chi connectivity index (χ4n) is 3.63. The summed E-state index contributed by atoms with van der Waals surface area (Å²) < 4.78 is 15.6. The van der Waals surface area contributed by atoms with E-state index in [0.717, 1.165) is 0 Å². The summed E-state index contributed by atoms with van der Waals surface area (Å²) in [5.74, 6) is -0.429. The van der Waals surface area contributed by atoms with Gasteiger partial charge in [-0.1, -0.05) is 17.3 Å². The molecule has 9 nitrogen and oxygen atoms in total. The van der Waals surface area contributed by atoms with Crippen LogP contribution in [0.1, 0.15) is 23.5 Å². The van der Waals surface area contributed by atoms with Crippen LogP contribution in [-0.4, -0.2) is 82.5 Å². The molecule has 154 valence electrons. The molecule has 29 heavy (non-hydrogen) atoms. The molecule has 1 aromatic heterocycles. The maximum atomic E-state index is 14.0. The Bertz CT molecular complexity index is 888. The van der Waals surface area contributed by atoms with Gasteiger partial charge in [0.1, 0.15) is 5.82 Å². The second-order valence-electron chi connectivity index (χ2n) is 7.21. The highest BCUT2D eigenvalue weighted by Gasteiger charge is 2.33. The van der Waals surface area contributed by atoms with Gasteiger partial charge in [0.05, 0.1) is 17.9 Å². The van der Waals surface area contributed by atoms with Crippen molar-refractivity contribution >= 4 is 17.6 Å². The van der Waals surface area contributed by atoms with Crippen LogP contribution in [0.3, 0.4) is 0 Å². The number of carbonyl (C=O) groups is 2. The number of hydrogen-bond acceptors (Lipinski definition) is 5. The summed E-state index contributed by atoms with van der Waals surface area (Å²) in [5.41, 5.74) is 0.855. The number of rotatable bonds is 4. The normalized spacial score (nSPS) is 17.2. The molecule has 1 N–H and O–H groups in total. The minimum atomic E-state index is -0.252. The van der Waals surface area contributed by atoms with Crippen LogP contribution < -0.4 is 10.2 Å². The van der Waals surface area contributed by atoms with Crippen molar-refractivity contribution in [2.24, 2.45) is 0 Å². The zero-order chi connectivity index (χ0) is 20.4. The third kappa shape index (κ3) is 3.87. The molecule has 0 unspecified atom stereocenters. The lowest BCUT2D eigenvalue weighted by atomic mass is 10.1. The van der Waals surface area contributed by atoms with E-state index >= 15 is 0 Å². The van der Waals surface area contributed by atoms with Crippen LogP contribution in [0, 0.1) is 5.82 Å². The van der Waals surface area contributed by atoms with Crippen molar-refractivity contribution in [3.8, 4) is 0 Å². The van der Waals surface area contributed by atoms with E-state index in [1.165, 1.54) is 6.07 Å². The van der Waals surface area contributed by atoms with Crippen molar-refractivity contribution < 1.29 is 14.0 Å². The van der Waals surface area contributed by atoms with Gasteiger partial charge in [-0.2, -0.15) is 0 Å². The third-order valence-electron chi connectivity index (χ3n) is 5.34. The van der Waals surface area contributed by atoms with E-state index in [2.05, 4.69) is 15.6 Å². The lowest BCUT2D eigenvalue weighted by molar-refractivity contribution is 0.0740. The Hall–Kier alpha value is -3.17. The van der Waals surface area contributed by atoms with Gasteiger partial charge < -0.3 is 20.0 Å². The first-order valence-electron chi connectivity index (χ1n) is 9.80. The van der Waals surface area contributed by atoms with Crippen LogP contribution in [-0.2, 0) is 0 Å². The van der Waals surface area contributed by atoms with Crippen LogP contribution in [0.2, 0.25) is 0 Å². The monoisotopic (exact) mass is 401 g/mol. The highest BCUT2D eigenvalue weighted by Crippen LogP contribution is 2.22. The number of aromatic nitrogens is 3. The molecule has 0 saturated carbocycles. The fourth-order valence-corrected chi connectivity index (χ4v) is 3.63. The van der Waals surface area contributed by atoms with E-state index in [0.29, 0.717) is 57.2 Å². The first kappa shape index (κ1) is 19.2. The molecule has 2 saturated heterocycles. The zero-order valence-corrected chi connectivity index (χ0v) is 16.3. The number of nitrogens with zero attached hydrogens (tertiary/aromatic N) is 6. The molecule has 2 aliphatic heterocycles. The van der Waals surface area contributed by atoms with E-state index in [4.69, 9.17) is 0 Å². The molecule has 4 rings (SSSR count). The number of carbonyl (C=O) groups excluding carboxylic acids is 2. The first-order chi connectivity index (χ1) is 14.1. The fraction of sp³-hybridized carbons (Fsp3) is 0.474. The average molecular weight is 401 g/mol. The van der Waals surface area contributed by atoms with Crippen LogP contribution >= 0.6 is 0 Å². The molecular weight excluding hydrogens is 377 g/mol. The zero-order valence-electron chi connectivity index (χ0n) is 16.3. The maximum Gasteiger partial charge on any atom is 0.317 e. The first-order valence-corrected chi connectivity index (χ1v) is 9.80. The van der Waals surface area contributed by atoms with E-state index in [1.54, 1.807) is 32.8 Å². The summed E-state index contributed by atoms with van der Waals surface area (Å²) in [6.45, 7) is 5.67. The smallest absolute Gasteiger partial charge is 0.317 e. The minimum Gasteiger partial charge on any atom is -0.366 e. The average Bonchev–Trinajstić information content (AvgIpc) is 3.17. The molecule has 2 fully saturated rings. The van der Waals surface area contributed by atoms with Gasteiger partial charge in [-0.05, 0) is 19.1 Å². The number of anilines is 1. The Labute approximate surface area is 168 Å². The van der Waals surface area contributed by atoms with Gasteiger partial charge in [0.15, 0.2) is 5.69 Å². The molecule has 3 amide bonds. The molecule has 0 aliphatic carbocycles. The lowest BCUT2D eigenvalue weighted by Crippen LogP contribution is -2.54. The summed E-state index contributed by atoms with van der Waals surface area (Å²) >= 11 is 0. The van der Waals surface area contributed by atoms with E-state index in [9.17, 15) is 14.0 Å². The van der Waals surface area contributed by atoms with Crippen molar-refractivity contribution in [3.63, 3.8) is 0 Å².